The van der Waals surface area contributed by atoms with Gasteiger partial charge in [-0.1, -0.05) is 6.92 Å². The first kappa shape index (κ1) is 6.59. The third-order valence-electron chi connectivity index (χ3n) is 1.72. The van der Waals surface area contributed by atoms with Gasteiger partial charge < -0.3 is 4.90 Å². The summed E-state index contributed by atoms with van der Waals surface area (Å²) in [6.45, 7) is 4.36. The van der Waals surface area contributed by atoms with Crippen molar-refractivity contribution in [2.75, 3.05) is 13.1 Å². The van der Waals surface area contributed by atoms with Gasteiger partial charge in [-0.3, -0.25) is 5.41 Å². The summed E-state index contributed by atoms with van der Waals surface area (Å²) in [5.41, 5.74) is 0. The van der Waals surface area contributed by atoms with Gasteiger partial charge in [-0.15, -0.1) is 0 Å². The van der Waals surface area contributed by atoms with Crippen LogP contribution in [0.2, 0.25) is 0 Å². The second-order valence-electron chi connectivity index (χ2n) is 2.54. The van der Waals surface area contributed by atoms with E-state index in [2.05, 4.69) is 11.8 Å². The molecule has 1 N–H and O–H groups in total. The second kappa shape index (κ2) is 2.85. The zero-order valence-corrected chi connectivity index (χ0v) is 5.98. The van der Waals surface area contributed by atoms with E-state index >= 15 is 0 Å². The lowest BCUT2D eigenvalue weighted by Gasteiger charge is -2.15. The minimum atomic E-state index is 0.844. The molecule has 0 saturated carbocycles. The highest BCUT2D eigenvalue weighted by Crippen LogP contribution is 2.09. The standard InChI is InChI=1S/C7H14N2/c1-2-5-9-6-3-4-7(9)8/h8H,2-6H2,1H3. The number of likely N-dealkylation sites (tertiary alicyclic amines) is 1. The highest BCUT2D eigenvalue weighted by atomic mass is 15.2. The Morgan fingerprint density at radius 3 is 2.89 bits per heavy atom. The number of hydrogen-bond donors (Lipinski definition) is 1. The van der Waals surface area contributed by atoms with Gasteiger partial charge >= 0.3 is 0 Å². The van der Waals surface area contributed by atoms with E-state index in [4.69, 9.17) is 5.41 Å². The van der Waals surface area contributed by atoms with Gasteiger partial charge in [-0.2, -0.15) is 0 Å². The molecule has 1 aliphatic heterocycles. The number of amidine groups is 1. The number of hydrogen-bond acceptors (Lipinski definition) is 1. The van der Waals surface area contributed by atoms with Crippen molar-refractivity contribution < 1.29 is 0 Å². The summed E-state index contributed by atoms with van der Waals surface area (Å²) in [5, 5.41) is 7.44. The van der Waals surface area contributed by atoms with E-state index in [-0.39, 0.29) is 0 Å². The summed E-state index contributed by atoms with van der Waals surface area (Å²) < 4.78 is 0. The lowest BCUT2D eigenvalue weighted by atomic mass is 10.4. The van der Waals surface area contributed by atoms with Crippen LogP contribution in [0.1, 0.15) is 26.2 Å². The van der Waals surface area contributed by atoms with Gasteiger partial charge in [0.2, 0.25) is 0 Å². The molecule has 9 heavy (non-hydrogen) atoms. The maximum absolute atomic E-state index is 7.44. The van der Waals surface area contributed by atoms with Crippen LogP contribution in [-0.4, -0.2) is 23.8 Å². The lowest BCUT2D eigenvalue weighted by molar-refractivity contribution is 0.450. The molecule has 0 aromatic rings. The largest absolute Gasteiger partial charge is 0.361 e. The molecule has 0 aromatic carbocycles. The molecule has 1 heterocycles. The van der Waals surface area contributed by atoms with Gasteiger partial charge in [0.15, 0.2) is 0 Å². The first-order valence-corrected chi connectivity index (χ1v) is 3.67. The molecule has 0 atom stereocenters. The molecule has 1 fully saturated rings. The summed E-state index contributed by atoms with van der Waals surface area (Å²) in [5.74, 6) is 0.844. The first-order valence-electron chi connectivity index (χ1n) is 3.67. The van der Waals surface area contributed by atoms with Gasteiger partial charge in [-0.05, 0) is 12.8 Å². The molecule has 0 bridgehead atoms. The molecule has 1 aliphatic rings. The van der Waals surface area contributed by atoms with Crippen molar-refractivity contribution in [1.82, 2.24) is 4.90 Å². The van der Waals surface area contributed by atoms with Crippen LogP contribution in [0.3, 0.4) is 0 Å². The third-order valence-corrected chi connectivity index (χ3v) is 1.72. The Balaban J connectivity index is 2.31. The van der Waals surface area contributed by atoms with Gasteiger partial charge in [0.1, 0.15) is 0 Å². The van der Waals surface area contributed by atoms with E-state index in [1.807, 2.05) is 0 Å². The molecule has 1 rings (SSSR count). The Hall–Kier alpha value is -0.530. The number of nitrogens with zero attached hydrogens (tertiary/aromatic N) is 1. The molecular weight excluding hydrogens is 112 g/mol. The van der Waals surface area contributed by atoms with Crippen LogP contribution in [0.5, 0.6) is 0 Å². The van der Waals surface area contributed by atoms with Crippen LogP contribution in [0.4, 0.5) is 0 Å². The fourth-order valence-corrected chi connectivity index (χ4v) is 1.25. The predicted octanol–water partition coefficient (Wildman–Crippen LogP) is 1.47. The maximum Gasteiger partial charge on any atom is 0.0958 e. The Morgan fingerprint density at radius 2 is 2.44 bits per heavy atom. The summed E-state index contributed by atoms with van der Waals surface area (Å²) in [4.78, 5) is 2.17. The van der Waals surface area contributed by atoms with Crippen molar-refractivity contribution in [1.29, 1.82) is 5.41 Å². The van der Waals surface area contributed by atoms with Crippen LogP contribution in [-0.2, 0) is 0 Å². The first-order chi connectivity index (χ1) is 4.34. The van der Waals surface area contributed by atoms with Crippen molar-refractivity contribution in [2.45, 2.75) is 26.2 Å². The van der Waals surface area contributed by atoms with Gasteiger partial charge in [0.05, 0.1) is 5.84 Å². The van der Waals surface area contributed by atoms with E-state index in [0.29, 0.717) is 0 Å². The minimum absolute atomic E-state index is 0.844. The molecule has 0 aliphatic carbocycles. The zero-order chi connectivity index (χ0) is 6.69. The summed E-state index contributed by atoms with van der Waals surface area (Å²) in [6, 6.07) is 0. The number of nitrogens with one attached hydrogen (secondary N) is 1. The molecule has 0 aromatic heterocycles. The van der Waals surface area contributed by atoms with Crippen molar-refractivity contribution in [3.05, 3.63) is 0 Å². The average Bonchev–Trinajstić information content (AvgIpc) is 2.18. The molecule has 52 valence electrons. The highest BCUT2D eigenvalue weighted by Gasteiger charge is 2.14. The normalized spacial score (nSPS) is 19.2. The van der Waals surface area contributed by atoms with E-state index in [1.165, 1.54) is 12.8 Å². The summed E-state index contributed by atoms with van der Waals surface area (Å²) in [7, 11) is 0. The lowest BCUT2D eigenvalue weighted by Crippen LogP contribution is -2.24. The molecule has 0 spiro atoms. The van der Waals surface area contributed by atoms with E-state index < -0.39 is 0 Å². The minimum Gasteiger partial charge on any atom is -0.361 e. The van der Waals surface area contributed by atoms with E-state index in [9.17, 15) is 0 Å². The zero-order valence-electron chi connectivity index (χ0n) is 5.98. The van der Waals surface area contributed by atoms with Gasteiger partial charge in [-0.25, -0.2) is 0 Å². The molecular formula is C7H14N2. The second-order valence-corrected chi connectivity index (χ2v) is 2.54. The Bertz CT molecular complexity index is 109. The molecule has 0 radical (unpaired) electrons. The molecule has 2 nitrogen and oxygen atoms in total. The molecule has 1 saturated heterocycles. The smallest absolute Gasteiger partial charge is 0.0958 e. The van der Waals surface area contributed by atoms with Gasteiger partial charge in [0, 0.05) is 19.5 Å². The SMILES string of the molecule is CCCN1CCCC1=N. The predicted molar refractivity (Wildman–Crippen MR) is 38.8 cm³/mol. The average molecular weight is 126 g/mol. The van der Waals surface area contributed by atoms with Crippen LogP contribution < -0.4 is 0 Å². The highest BCUT2D eigenvalue weighted by molar-refractivity contribution is 5.80. The van der Waals surface area contributed by atoms with Crippen LogP contribution in [0.15, 0.2) is 0 Å². The molecule has 2 heteroatoms. The van der Waals surface area contributed by atoms with Crippen LogP contribution in [0.25, 0.3) is 0 Å². The van der Waals surface area contributed by atoms with Crippen molar-refractivity contribution >= 4 is 5.84 Å². The van der Waals surface area contributed by atoms with Crippen molar-refractivity contribution in [2.24, 2.45) is 0 Å². The Kier molecular flexibility index (Phi) is 2.09. The van der Waals surface area contributed by atoms with Crippen LogP contribution in [0, 0.1) is 5.41 Å². The Labute approximate surface area is 56.4 Å². The molecule has 0 amide bonds. The third kappa shape index (κ3) is 1.44. The Morgan fingerprint density at radius 1 is 1.67 bits per heavy atom. The summed E-state index contributed by atoms with van der Waals surface area (Å²) in [6.07, 6.45) is 3.36. The topological polar surface area (TPSA) is 27.1 Å². The van der Waals surface area contributed by atoms with E-state index in [0.717, 1.165) is 25.3 Å². The molecule has 0 unspecified atom stereocenters. The van der Waals surface area contributed by atoms with Crippen LogP contribution >= 0.6 is 0 Å². The number of rotatable bonds is 2. The fourth-order valence-electron chi connectivity index (χ4n) is 1.25. The van der Waals surface area contributed by atoms with Gasteiger partial charge in [0.25, 0.3) is 0 Å². The maximum atomic E-state index is 7.44. The monoisotopic (exact) mass is 126 g/mol. The summed E-state index contributed by atoms with van der Waals surface area (Å²) >= 11 is 0. The van der Waals surface area contributed by atoms with E-state index in [1.54, 1.807) is 0 Å². The fraction of sp³-hybridized carbons (Fsp3) is 0.857. The van der Waals surface area contributed by atoms with Crippen molar-refractivity contribution in [3.63, 3.8) is 0 Å². The van der Waals surface area contributed by atoms with Crippen molar-refractivity contribution in [3.8, 4) is 0 Å². The quantitative estimate of drug-likeness (QED) is 0.596.